The van der Waals surface area contributed by atoms with E-state index in [9.17, 15) is 9.59 Å². The molecule has 1 amide bonds. The predicted octanol–water partition coefficient (Wildman–Crippen LogP) is 7.05. The molecule has 0 saturated carbocycles. The van der Waals surface area contributed by atoms with Gasteiger partial charge in [0.2, 0.25) is 0 Å². The monoisotopic (exact) mass is 453 g/mol. The lowest BCUT2D eigenvalue weighted by Gasteiger charge is -2.06. The average Bonchev–Trinajstić information content (AvgIpc) is 2.69. The van der Waals surface area contributed by atoms with Crippen molar-refractivity contribution in [1.29, 1.82) is 0 Å². The Bertz CT molecular complexity index is 941. The van der Waals surface area contributed by atoms with Crippen LogP contribution in [0, 0.1) is 0 Å². The van der Waals surface area contributed by atoms with Crippen molar-refractivity contribution in [2.75, 3.05) is 5.32 Å². The van der Waals surface area contributed by atoms with Crippen LogP contribution in [0.4, 0.5) is 5.69 Å². The average molecular weight is 455 g/mol. The Labute approximate surface area is 183 Å². The zero-order valence-electron chi connectivity index (χ0n) is 14.5. The van der Waals surface area contributed by atoms with E-state index >= 15 is 0 Å². The van der Waals surface area contributed by atoms with Crippen molar-refractivity contribution >= 4 is 63.2 Å². The molecule has 3 aromatic carbocycles. The molecular weight excluding hydrogens is 440 g/mol. The zero-order valence-corrected chi connectivity index (χ0v) is 17.5. The van der Waals surface area contributed by atoms with Crippen LogP contribution < -0.4 is 5.32 Å². The van der Waals surface area contributed by atoms with Crippen molar-refractivity contribution < 1.29 is 9.59 Å². The van der Waals surface area contributed by atoms with Crippen LogP contribution in [0.25, 0.3) is 0 Å². The molecule has 0 aromatic heterocycles. The molecule has 0 spiro atoms. The maximum atomic E-state index is 11.9. The van der Waals surface area contributed by atoms with Gasteiger partial charge in [0.15, 0.2) is 0 Å². The van der Waals surface area contributed by atoms with Crippen molar-refractivity contribution in [1.82, 2.24) is 0 Å². The number of hydrogen-bond donors (Lipinski definition) is 1. The van der Waals surface area contributed by atoms with Crippen LogP contribution in [-0.4, -0.2) is 11.1 Å². The molecule has 0 aliphatic rings. The van der Waals surface area contributed by atoms with Gasteiger partial charge in [-0.3, -0.25) is 9.59 Å². The van der Waals surface area contributed by atoms with E-state index in [-0.39, 0.29) is 5.91 Å². The Balaban J connectivity index is 0.000000237. The number of alkyl halides is 1. The van der Waals surface area contributed by atoms with Gasteiger partial charge in [-0.05, 0) is 77.8 Å². The third kappa shape index (κ3) is 7.17. The molecule has 3 rings (SSSR count). The van der Waals surface area contributed by atoms with Crippen LogP contribution in [0.3, 0.4) is 0 Å². The number of rotatable bonds is 4. The molecule has 144 valence electrons. The van der Waals surface area contributed by atoms with Crippen LogP contribution in [0.15, 0.2) is 72.8 Å². The summed E-state index contributed by atoms with van der Waals surface area (Å²) in [6.45, 7) is 0. The summed E-state index contributed by atoms with van der Waals surface area (Å²) in [6.07, 6.45) is 0. The fourth-order valence-corrected chi connectivity index (χ4v) is 2.66. The maximum absolute atomic E-state index is 11.9. The summed E-state index contributed by atoms with van der Waals surface area (Å²) < 4.78 is 0. The van der Waals surface area contributed by atoms with Gasteiger partial charge in [0, 0.05) is 32.7 Å². The van der Waals surface area contributed by atoms with Gasteiger partial charge in [-0.1, -0.05) is 35.3 Å². The normalized spacial score (nSPS) is 9.86. The lowest BCUT2D eigenvalue weighted by molar-refractivity contribution is 0.102. The van der Waals surface area contributed by atoms with Gasteiger partial charge in [0.05, 0.1) is 0 Å². The minimum atomic E-state index is -0.461. The Kier molecular flexibility index (Phi) is 8.81. The number of halogens is 4. The highest BCUT2D eigenvalue weighted by atomic mass is 35.5. The summed E-state index contributed by atoms with van der Waals surface area (Å²) in [4.78, 5) is 22.4. The molecule has 0 bridgehead atoms. The minimum absolute atomic E-state index is 0.168. The molecule has 0 atom stereocenters. The van der Waals surface area contributed by atoms with Gasteiger partial charge in [-0.15, -0.1) is 11.6 Å². The van der Waals surface area contributed by atoms with Crippen molar-refractivity contribution in [3.05, 3.63) is 99.5 Å². The summed E-state index contributed by atoms with van der Waals surface area (Å²) in [7, 11) is 0. The molecule has 7 heteroatoms. The SMILES string of the molecule is O=C(Cl)c1ccc(Cl)cc1.O=C(Nc1cccc(CCl)c1)c1ccc(Cl)cc1. The van der Waals surface area contributed by atoms with Gasteiger partial charge >= 0.3 is 0 Å². The second-order valence-corrected chi connectivity index (χ2v) is 7.06. The lowest BCUT2D eigenvalue weighted by atomic mass is 10.2. The van der Waals surface area contributed by atoms with Crippen LogP contribution >= 0.6 is 46.4 Å². The first kappa shape index (κ1) is 22.3. The van der Waals surface area contributed by atoms with Gasteiger partial charge in [0.25, 0.3) is 11.1 Å². The Morgan fingerprint density at radius 2 is 1.32 bits per heavy atom. The number of amides is 1. The second kappa shape index (κ2) is 11.1. The Morgan fingerprint density at radius 1 is 0.786 bits per heavy atom. The largest absolute Gasteiger partial charge is 0.322 e. The maximum Gasteiger partial charge on any atom is 0.255 e. The summed E-state index contributed by atoms with van der Waals surface area (Å²) in [6, 6.07) is 20.6. The van der Waals surface area contributed by atoms with E-state index in [1.807, 2.05) is 24.3 Å². The van der Waals surface area contributed by atoms with Crippen LogP contribution in [0.5, 0.6) is 0 Å². The van der Waals surface area contributed by atoms with Crippen molar-refractivity contribution in [3.63, 3.8) is 0 Å². The third-order valence-corrected chi connectivity index (χ3v) is 4.55. The summed E-state index contributed by atoms with van der Waals surface area (Å²) in [5, 5.41) is 3.56. The van der Waals surface area contributed by atoms with Crippen LogP contribution in [0.1, 0.15) is 26.3 Å². The number of nitrogens with one attached hydrogen (secondary N) is 1. The summed E-state index contributed by atoms with van der Waals surface area (Å²) in [5.41, 5.74) is 2.72. The highest BCUT2D eigenvalue weighted by molar-refractivity contribution is 6.67. The van der Waals surface area contributed by atoms with Gasteiger partial charge in [-0.2, -0.15) is 0 Å². The molecule has 0 radical (unpaired) electrons. The number of carbonyl (C=O) groups excluding carboxylic acids is 2. The molecule has 0 fully saturated rings. The Morgan fingerprint density at radius 3 is 1.82 bits per heavy atom. The molecule has 0 heterocycles. The molecule has 0 aliphatic carbocycles. The summed E-state index contributed by atoms with van der Waals surface area (Å²) in [5.74, 6) is 0.253. The first-order chi connectivity index (χ1) is 13.4. The van der Waals surface area contributed by atoms with E-state index in [1.165, 1.54) is 0 Å². The molecule has 1 N–H and O–H groups in total. The molecule has 28 heavy (non-hydrogen) atoms. The predicted molar refractivity (Wildman–Crippen MR) is 117 cm³/mol. The van der Waals surface area contributed by atoms with E-state index in [2.05, 4.69) is 5.32 Å². The molecule has 3 nitrogen and oxygen atoms in total. The smallest absolute Gasteiger partial charge is 0.255 e. The van der Waals surface area contributed by atoms with Crippen molar-refractivity contribution in [2.24, 2.45) is 0 Å². The third-order valence-electron chi connectivity index (χ3n) is 3.52. The van der Waals surface area contributed by atoms with E-state index in [4.69, 9.17) is 46.4 Å². The van der Waals surface area contributed by atoms with E-state index in [0.29, 0.717) is 27.1 Å². The number of carbonyl (C=O) groups is 2. The van der Waals surface area contributed by atoms with Gasteiger partial charge in [0.1, 0.15) is 0 Å². The number of benzene rings is 3. The number of hydrogen-bond acceptors (Lipinski definition) is 2. The minimum Gasteiger partial charge on any atom is -0.322 e. The summed E-state index contributed by atoms with van der Waals surface area (Å²) >= 11 is 22.2. The lowest BCUT2D eigenvalue weighted by Crippen LogP contribution is -2.11. The van der Waals surface area contributed by atoms with E-state index in [1.54, 1.807) is 48.5 Å². The van der Waals surface area contributed by atoms with Crippen molar-refractivity contribution in [2.45, 2.75) is 5.88 Å². The fourth-order valence-electron chi connectivity index (χ4n) is 2.12. The standard InChI is InChI=1S/C14H11Cl2NO.C7H4Cl2O/c15-9-10-2-1-3-13(8-10)17-14(18)11-4-6-12(16)7-5-11;8-6-3-1-5(2-4-6)7(9)10/h1-8H,9H2,(H,17,18);1-4H. The highest BCUT2D eigenvalue weighted by Gasteiger charge is 2.06. The first-order valence-corrected chi connectivity index (χ1v) is 9.73. The molecule has 0 saturated heterocycles. The Hall–Kier alpha value is -2.04. The van der Waals surface area contributed by atoms with Crippen molar-refractivity contribution in [3.8, 4) is 0 Å². The van der Waals surface area contributed by atoms with Gasteiger partial charge in [-0.25, -0.2) is 0 Å². The van der Waals surface area contributed by atoms with E-state index in [0.717, 1.165) is 11.3 Å². The molecular formula is C21H15Cl4NO2. The highest BCUT2D eigenvalue weighted by Crippen LogP contribution is 2.15. The van der Waals surface area contributed by atoms with Crippen LogP contribution in [-0.2, 0) is 5.88 Å². The first-order valence-electron chi connectivity index (χ1n) is 8.06. The van der Waals surface area contributed by atoms with Crippen LogP contribution in [0.2, 0.25) is 10.0 Å². The molecule has 0 aliphatic heterocycles. The number of anilines is 1. The molecule has 3 aromatic rings. The molecule has 0 unspecified atom stereocenters. The quantitative estimate of drug-likeness (QED) is 0.339. The second-order valence-electron chi connectivity index (χ2n) is 5.58. The van der Waals surface area contributed by atoms with E-state index < -0.39 is 5.24 Å². The topological polar surface area (TPSA) is 46.2 Å². The van der Waals surface area contributed by atoms with Gasteiger partial charge < -0.3 is 5.32 Å². The fraction of sp³-hybridized carbons (Fsp3) is 0.0476. The zero-order chi connectivity index (χ0) is 20.5.